The third kappa shape index (κ3) is 3.67. The quantitative estimate of drug-likeness (QED) is 0.643. The summed E-state index contributed by atoms with van der Waals surface area (Å²) in [5.74, 6) is -0.186. The number of anilines is 1. The molecule has 5 heteroatoms. The minimum atomic E-state index is -0.170. The van der Waals surface area contributed by atoms with Crippen LogP contribution in [-0.4, -0.2) is 31.2 Å². The normalized spacial score (nSPS) is 12.6. The molecule has 0 radical (unpaired) electrons. The number of nitrogens with one attached hydrogen (secondary N) is 1. The zero-order valence-corrected chi connectivity index (χ0v) is 15.0. The number of ketones is 1. The molecule has 0 aliphatic carbocycles. The van der Waals surface area contributed by atoms with Crippen molar-refractivity contribution in [1.82, 2.24) is 5.32 Å². The van der Waals surface area contributed by atoms with Crippen LogP contribution in [0.3, 0.4) is 0 Å². The molecule has 0 fully saturated rings. The molecule has 0 atom stereocenters. The first-order valence-electron chi connectivity index (χ1n) is 8.73. The Morgan fingerprint density at radius 3 is 2.58 bits per heavy atom. The molecule has 3 rings (SSSR count). The van der Waals surface area contributed by atoms with E-state index < -0.39 is 0 Å². The number of carbonyl (C=O) groups is 3. The van der Waals surface area contributed by atoms with E-state index in [0.29, 0.717) is 24.2 Å². The Balaban J connectivity index is 1.57. The van der Waals surface area contributed by atoms with Gasteiger partial charge in [0.15, 0.2) is 5.78 Å². The van der Waals surface area contributed by atoms with Crippen LogP contribution >= 0.6 is 0 Å². The van der Waals surface area contributed by atoms with Gasteiger partial charge in [-0.3, -0.25) is 14.4 Å². The summed E-state index contributed by atoms with van der Waals surface area (Å²) >= 11 is 0. The van der Waals surface area contributed by atoms with Gasteiger partial charge in [-0.05, 0) is 67.3 Å². The number of carbonyl (C=O) groups excluding carboxylic acids is 3. The fourth-order valence-corrected chi connectivity index (χ4v) is 3.13. The van der Waals surface area contributed by atoms with Gasteiger partial charge in [0.1, 0.15) is 0 Å². The zero-order valence-electron chi connectivity index (χ0n) is 15.0. The average Bonchev–Trinajstić information content (AvgIpc) is 3.06. The van der Waals surface area contributed by atoms with Gasteiger partial charge >= 0.3 is 0 Å². The monoisotopic (exact) mass is 350 g/mol. The number of hydrogen-bond donors (Lipinski definition) is 1. The molecule has 5 nitrogen and oxygen atoms in total. The van der Waals surface area contributed by atoms with Gasteiger partial charge in [0.25, 0.3) is 5.91 Å². The van der Waals surface area contributed by atoms with E-state index in [9.17, 15) is 14.4 Å². The number of rotatable bonds is 6. The Labute approximate surface area is 153 Å². The van der Waals surface area contributed by atoms with E-state index in [2.05, 4.69) is 5.32 Å². The van der Waals surface area contributed by atoms with E-state index in [0.717, 1.165) is 35.2 Å². The Morgan fingerprint density at radius 2 is 1.85 bits per heavy atom. The van der Waals surface area contributed by atoms with Crippen molar-refractivity contribution in [2.24, 2.45) is 0 Å². The van der Waals surface area contributed by atoms with Crippen LogP contribution in [0.2, 0.25) is 0 Å². The van der Waals surface area contributed by atoms with Crippen molar-refractivity contribution in [3.05, 3.63) is 64.2 Å². The molecule has 1 N–H and O–H groups in total. The molecule has 26 heavy (non-hydrogen) atoms. The lowest BCUT2D eigenvalue weighted by Crippen LogP contribution is -2.26. The van der Waals surface area contributed by atoms with Crippen molar-refractivity contribution >= 4 is 23.8 Å². The summed E-state index contributed by atoms with van der Waals surface area (Å²) in [7, 11) is 0. The van der Waals surface area contributed by atoms with Crippen molar-refractivity contribution in [3.63, 3.8) is 0 Å². The molecule has 0 spiro atoms. The van der Waals surface area contributed by atoms with Crippen LogP contribution in [0.25, 0.3) is 0 Å². The van der Waals surface area contributed by atoms with Crippen LogP contribution in [0.1, 0.15) is 43.8 Å². The number of aryl methyl sites for hydroxylation is 2. The molecule has 0 saturated carbocycles. The number of hydrogen-bond acceptors (Lipinski definition) is 3. The maximum absolute atomic E-state index is 12.4. The van der Waals surface area contributed by atoms with Gasteiger partial charge in [-0.15, -0.1) is 0 Å². The summed E-state index contributed by atoms with van der Waals surface area (Å²) in [4.78, 5) is 37.2. The third-order valence-corrected chi connectivity index (χ3v) is 4.87. The molecule has 1 aliphatic heterocycles. The van der Waals surface area contributed by atoms with Gasteiger partial charge in [0.2, 0.25) is 6.41 Å². The molecule has 2 aromatic rings. The van der Waals surface area contributed by atoms with E-state index >= 15 is 0 Å². The molecular formula is C21H22N2O3. The first-order chi connectivity index (χ1) is 12.5. The Kier molecular flexibility index (Phi) is 5.16. The minimum absolute atomic E-state index is 0.0160. The number of Topliss-reactive ketones (excluding diaryl/α,β-unsaturated/α-hetero) is 1. The number of fused-ring (bicyclic) bond motifs is 1. The molecule has 0 aromatic heterocycles. The SMILES string of the molecule is Cc1ccc(C(=O)NCCC(=O)c2ccc3c(c2)CCN3C=O)cc1C. The molecule has 0 bridgehead atoms. The predicted octanol–water partition coefficient (Wildman–Crippen LogP) is 2.83. The van der Waals surface area contributed by atoms with Gasteiger partial charge in [-0.2, -0.15) is 0 Å². The van der Waals surface area contributed by atoms with E-state index in [1.807, 2.05) is 38.1 Å². The third-order valence-electron chi connectivity index (χ3n) is 4.87. The Morgan fingerprint density at radius 1 is 1.08 bits per heavy atom. The van der Waals surface area contributed by atoms with Crippen molar-refractivity contribution in [2.75, 3.05) is 18.0 Å². The highest BCUT2D eigenvalue weighted by Gasteiger charge is 2.19. The highest BCUT2D eigenvalue weighted by Crippen LogP contribution is 2.27. The number of amides is 2. The van der Waals surface area contributed by atoms with Gasteiger partial charge in [0, 0.05) is 36.3 Å². The standard InChI is InChI=1S/C21H22N2O3/c1-14-3-4-18(11-15(14)2)21(26)22-9-7-20(25)17-5-6-19-16(12-17)8-10-23(19)13-24/h3-6,11-13H,7-10H2,1-2H3,(H,22,26). The topological polar surface area (TPSA) is 66.5 Å². The van der Waals surface area contributed by atoms with Crippen molar-refractivity contribution in [2.45, 2.75) is 26.7 Å². The van der Waals surface area contributed by atoms with Gasteiger partial charge in [0.05, 0.1) is 0 Å². The first-order valence-corrected chi connectivity index (χ1v) is 8.73. The number of benzene rings is 2. The fourth-order valence-electron chi connectivity index (χ4n) is 3.13. The second-order valence-electron chi connectivity index (χ2n) is 6.62. The van der Waals surface area contributed by atoms with E-state index in [1.54, 1.807) is 17.0 Å². The van der Waals surface area contributed by atoms with Crippen LogP contribution in [0, 0.1) is 13.8 Å². The summed E-state index contributed by atoms with van der Waals surface area (Å²) < 4.78 is 0. The van der Waals surface area contributed by atoms with E-state index in [4.69, 9.17) is 0 Å². The Hall–Kier alpha value is -2.95. The van der Waals surface area contributed by atoms with Crippen LogP contribution in [0.4, 0.5) is 5.69 Å². The maximum Gasteiger partial charge on any atom is 0.251 e. The highest BCUT2D eigenvalue weighted by atomic mass is 16.2. The minimum Gasteiger partial charge on any atom is -0.352 e. The summed E-state index contributed by atoms with van der Waals surface area (Å²) in [6.45, 7) is 4.92. The molecule has 1 heterocycles. The molecule has 2 amide bonds. The van der Waals surface area contributed by atoms with Crippen molar-refractivity contribution in [1.29, 1.82) is 0 Å². The van der Waals surface area contributed by atoms with Gasteiger partial charge in [-0.25, -0.2) is 0 Å². The first kappa shape index (κ1) is 17.9. The molecule has 134 valence electrons. The van der Waals surface area contributed by atoms with Crippen LogP contribution in [0.5, 0.6) is 0 Å². The summed E-state index contributed by atoms with van der Waals surface area (Å²) in [6.07, 6.45) is 1.82. The molecule has 2 aromatic carbocycles. The second-order valence-corrected chi connectivity index (χ2v) is 6.62. The fraction of sp³-hybridized carbons (Fsp3) is 0.286. The predicted molar refractivity (Wildman–Crippen MR) is 101 cm³/mol. The van der Waals surface area contributed by atoms with Crippen LogP contribution in [0.15, 0.2) is 36.4 Å². The van der Waals surface area contributed by atoms with E-state index in [1.165, 1.54) is 0 Å². The zero-order chi connectivity index (χ0) is 18.7. The largest absolute Gasteiger partial charge is 0.352 e. The Bertz CT molecular complexity index is 874. The molecule has 1 aliphatic rings. The molecule has 0 unspecified atom stereocenters. The summed E-state index contributed by atoms with van der Waals surface area (Å²) in [5, 5.41) is 2.80. The van der Waals surface area contributed by atoms with Crippen LogP contribution < -0.4 is 10.2 Å². The summed E-state index contributed by atoms with van der Waals surface area (Å²) in [5.41, 5.74) is 5.32. The van der Waals surface area contributed by atoms with Crippen LogP contribution in [-0.2, 0) is 11.2 Å². The highest BCUT2D eigenvalue weighted by molar-refractivity contribution is 5.98. The summed E-state index contributed by atoms with van der Waals surface area (Å²) in [6, 6.07) is 11.0. The average molecular weight is 350 g/mol. The number of nitrogens with zero attached hydrogens (tertiary/aromatic N) is 1. The van der Waals surface area contributed by atoms with Gasteiger partial charge in [-0.1, -0.05) is 6.07 Å². The maximum atomic E-state index is 12.4. The lowest BCUT2D eigenvalue weighted by atomic mass is 10.0. The lowest BCUT2D eigenvalue weighted by Gasteiger charge is -2.10. The smallest absolute Gasteiger partial charge is 0.251 e. The van der Waals surface area contributed by atoms with Crippen molar-refractivity contribution < 1.29 is 14.4 Å². The second kappa shape index (κ2) is 7.52. The van der Waals surface area contributed by atoms with E-state index in [-0.39, 0.29) is 18.1 Å². The van der Waals surface area contributed by atoms with Gasteiger partial charge < -0.3 is 10.2 Å². The molecular weight excluding hydrogens is 328 g/mol. The lowest BCUT2D eigenvalue weighted by molar-refractivity contribution is -0.107. The van der Waals surface area contributed by atoms with Crippen molar-refractivity contribution in [3.8, 4) is 0 Å². The molecule has 0 saturated heterocycles.